The molecular formula is C9H14N4O2. The molecule has 82 valence electrons. The number of nitrogens with zero attached hydrogens (tertiary/aromatic N) is 2. The lowest BCUT2D eigenvalue weighted by Gasteiger charge is -2.22. The number of hydrogen-bond donors (Lipinski definition) is 2. The number of anilines is 1. The molecular weight excluding hydrogens is 196 g/mol. The van der Waals surface area contributed by atoms with E-state index in [1.54, 1.807) is 24.0 Å². The Kier molecular flexibility index (Phi) is 2.98. The first-order chi connectivity index (χ1) is 7.25. The van der Waals surface area contributed by atoms with Crippen LogP contribution in [0.4, 0.5) is 5.82 Å². The molecule has 2 rings (SSSR count). The van der Waals surface area contributed by atoms with Crippen LogP contribution in [0.1, 0.15) is 0 Å². The topological polar surface area (TPSA) is 68.2 Å². The Morgan fingerprint density at radius 2 is 2.67 bits per heavy atom. The van der Waals surface area contributed by atoms with Gasteiger partial charge in [0.25, 0.3) is 5.91 Å². The van der Waals surface area contributed by atoms with E-state index in [0.29, 0.717) is 19.0 Å². The second kappa shape index (κ2) is 4.41. The van der Waals surface area contributed by atoms with Crippen molar-refractivity contribution in [2.24, 2.45) is 7.05 Å². The molecule has 2 N–H and O–H groups in total. The molecule has 1 aromatic rings. The number of aromatic nitrogens is 2. The van der Waals surface area contributed by atoms with Crippen LogP contribution in [0.15, 0.2) is 12.3 Å². The van der Waals surface area contributed by atoms with Crippen LogP contribution in [0, 0.1) is 0 Å². The first-order valence-electron chi connectivity index (χ1n) is 4.88. The Hall–Kier alpha value is -1.40. The molecule has 15 heavy (non-hydrogen) atoms. The van der Waals surface area contributed by atoms with Crippen molar-refractivity contribution in [3.05, 3.63) is 12.3 Å². The van der Waals surface area contributed by atoms with Gasteiger partial charge in [-0.05, 0) is 0 Å². The van der Waals surface area contributed by atoms with Crippen molar-refractivity contribution in [2.45, 2.75) is 6.10 Å². The third-order valence-corrected chi connectivity index (χ3v) is 2.18. The van der Waals surface area contributed by atoms with E-state index in [2.05, 4.69) is 15.7 Å². The summed E-state index contributed by atoms with van der Waals surface area (Å²) in [4.78, 5) is 11.7. The highest BCUT2D eigenvalue weighted by Gasteiger charge is 2.22. The van der Waals surface area contributed by atoms with Gasteiger partial charge in [0, 0.05) is 32.4 Å². The average molecular weight is 210 g/mol. The van der Waals surface area contributed by atoms with E-state index < -0.39 is 6.10 Å². The van der Waals surface area contributed by atoms with Crippen LogP contribution in [0.2, 0.25) is 0 Å². The number of aryl methyl sites for hydroxylation is 1. The molecule has 2 heterocycles. The van der Waals surface area contributed by atoms with E-state index in [0.717, 1.165) is 6.54 Å². The molecule has 1 fully saturated rings. The summed E-state index contributed by atoms with van der Waals surface area (Å²) in [7, 11) is 1.80. The molecule has 0 radical (unpaired) electrons. The van der Waals surface area contributed by atoms with Gasteiger partial charge in [-0.2, -0.15) is 5.10 Å². The molecule has 0 spiro atoms. The molecule has 1 amide bonds. The Bertz CT molecular complexity index is 344. The van der Waals surface area contributed by atoms with Gasteiger partial charge in [-0.1, -0.05) is 0 Å². The summed E-state index contributed by atoms with van der Waals surface area (Å²) in [6.07, 6.45) is 1.36. The minimum absolute atomic E-state index is 0.152. The number of rotatable bonds is 2. The lowest BCUT2D eigenvalue weighted by atomic mass is 10.3. The van der Waals surface area contributed by atoms with Gasteiger partial charge in [-0.3, -0.25) is 9.48 Å². The van der Waals surface area contributed by atoms with E-state index in [-0.39, 0.29) is 5.91 Å². The molecule has 6 heteroatoms. The summed E-state index contributed by atoms with van der Waals surface area (Å²) in [5.41, 5.74) is 0. The van der Waals surface area contributed by atoms with E-state index in [4.69, 9.17) is 4.74 Å². The normalized spacial score (nSPS) is 21.3. The van der Waals surface area contributed by atoms with Crippen LogP contribution in [0.25, 0.3) is 0 Å². The molecule has 1 aliphatic heterocycles. The summed E-state index contributed by atoms with van der Waals surface area (Å²) in [5.74, 6) is 0.401. The van der Waals surface area contributed by atoms with Crippen molar-refractivity contribution >= 4 is 11.7 Å². The first kappa shape index (κ1) is 10.1. The van der Waals surface area contributed by atoms with Gasteiger partial charge in [-0.15, -0.1) is 0 Å². The molecule has 0 aromatic carbocycles. The third kappa shape index (κ3) is 2.54. The molecule has 1 saturated heterocycles. The van der Waals surface area contributed by atoms with Gasteiger partial charge in [0.05, 0.1) is 6.61 Å². The number of nitrogens with one attached hydrogen (secondary N) is 2. The fraction of sp³-hybridized carbons (Fsp3) is 0.556. The molecule has 6 nitrogen and oxygen atoms in total. The Morgan fingerprint density at radius 3 is 3.27 bits per heavy atom. The van der Waals surface area contributed by atoms with Gasteiger partial charge >= 0.3 is 0 Å². The Morgan fingerprint density at radius 1 is 1.80 bits per heavy atom. The van der Waals surface area contributed by atoms with Gasteiger partial charge in [-0.25, -0.2) is 0 Å². The largest absolute Gasteiger partial charge is 0.366 e. The van der Waals surface area contributed by atoms with Gasteiger partial charge in [0.1, 0.15) is 6.10 Å². The highest BCUT2D eigenvalue weighted by atomic mass is 16.5. The van der Waals surface area contributed by atoms with Gasteiger partial charge in [0.15, 0.2) is 5.82 Å². The van der Waals surface area contributed by atoms with Crippen LogP contribution in [0.3, 0.4) is 0 Å². The maximum Gasteiger partial charge on any atom is 0.256 e. The van der Waals surface area contributed by atoms with Gasteiger partial charge in [0.2, 0.25) is 0 Å². The lowest BCUT2D eigenvalue weighted by molar-refractivity contribution is -0.128. The van der Waals surface area contributed by atoms with Crippen molar-refractivity contribution in [2.75, 3.05) is 25.0 Å². The van der Waals surface area contributed by atoms with Crippen LogP contribution < -0.4 is 10.6 Å². The minimum Gasteiger partial charge on any atom is -0.366 e. The van der Waals surface area contributed by atoms with Gasteiger partial charge < -0.3 is 15.4 Å². The Balaban J connectivity index is 1.91. The second-order valence-corrected chi connectivity index (χ2v) is 3.43. The first-order valence-corrected chi connectivity index (χ1v) is 4.88. The summed E-state index contributed by atoms with van der Waals surface area (Å²) in [6.45, 7) is 1.92. The number of amides is 1. The molecule has 1 unspecified atom stereocenters. The molecule has 1 aromatic heterocycles. The summed E-state index contributed by atoms with van der Waals surface area (Å²) in [6, 6.07) is 1.74. The predicted octanol–water partition coefficient (Wildman–Crippen LogP) is -0.653. The summed E-state index contributed by atoms with van der Waals surface area (Å²) < 4.78 is 6.94. The molecule has 1 aliphatic rings. The van der Waals surface area contributed by atoms with Crippen LogP contribution >= 0.6 is 0 Å². The number of hydrogen-bond acceptors (Lipinski definition) is 4. The number of carbonyl (C=O) groups is 1. The Labute approximate surface area is 87.6 Å². The van der Waals surface area contributed by atoms with Crippen LogP contribution in [-0.2, 0) is 16.6 Å². The lowest BCUT2D eigenvalue weighted by Crippen LogP contribution is -2.45. The molecule has 0 bridgehead atoms. The summed E-state index contributed by atoms with van der Waals surface area (Å²) in [5, 5.41) is 9.85. The third-order valence-electron chi connectivity index (χ3n) is 2.18. The number of morpholine rings is 1. The van der Waals surface area contributed by atoms with Crippen molar-refractivity contribution in [1.29, 1.82) is 0 Å². The SMILES string of the molecule is Cn1ccc(NC(=O)C2CNCCO2)n1. The molecule has 0 saturated carbocycles. The zero-order chi connectivity index (χ0) is 10.7. The van der Waals surface area contributed by atoms with Crippen molar-refractivity contribution < 1.29 is 9.53 Å². The van der Waals surface area contributed by atoms with E-state index in [9.17, 15) is 4.79 Å². The predicted molar refractivity (Wildman–Crippen MR) is 54.4 cm³/mol. The van der Waals surface area contributed by atoms with E-state index in [1.165, 1.54) is 0 Å². The average Bonchev–Trinajstić information content (AvgIpc) is 2.65. The van der Waals surface area contributed by atoms with Crippen molar-refractivity contribution in [3.63, 3.8) is 0 Å². The van der Waals surface area contributed by atoms with E-state index in [1.807, 2.05) is 0 Å². The fourth-order valence-corrected chi connectivity index (χ4v) is 1.42. The van der Waals surface area contributed by atoms with Crippen molar-refractivity contribution in [1.82, 2.24) is 15.1 Å². The number of carbonyl (C=O) groups excluding carboxylic acids is 1. The zero-order valence-electron chi connectivity index (χ0n) is 8.56. The highest BCUT2D eigenvalue weighted by molar-refractivity contribution is 5.93. The van der Waals surface area contributed by atoms with Crippen LogP contribution in [-0.4, -0.2) is 41.5 Å². The second-order valence-electron chi connectivity index (χ2n) is 3.43. The maximum absolute atomic E-state index is 11.7. The van der Waals surface area contributed by atoms with Crippen molar-refractivity contribution in [3.8, 4) is 0 Å². The monoisotopic (exact) mass is 210 g/mol. The molecule has 0 aliphatic carbocycles. The smallest absolute Gasteiger partial charge is 0.256 e. The van der Waals surface area contributed by atoms with E-state index >= 15 is 0 Å². The zero-order valence-corrected chi connectivity index (χ0v) is 8.56. The highest BCUT2D eigenvalue weighted by Crippen LogP contribution is 2.04. The summed E-state index contributed by atoms with van der Waals surface area (Å²) >= 11 is 0. The standard InChI is InChI=1S/C9H14N4O2/c1-13-4-2-8(12-13)11-9(14)7-6-10-3-5-15-7/h2,4,7,10H,3,5-6H2,1H3,(H,11,12,14). The maximum atomic E-state index is 11.7. The fourth-order valence-electron chi connectivity index (χ4n) is 1.42. The van der Waals surface area contributed by atoms with Crippen LogP contribution in [0.5, 0.6) is 0 Å². The molecule has 1 atom stereocenters. The number of ether oxygens (including phenoxy) is 1. The minimum atomic E-state index is -0.416. The quantitative estimate of drug-likeness (QED) is 0.680.